The molecule has 1 aromatic rings. The molecule has 0 spiro atoms. The summed E-state index contributed by atoms with van der Waals surface area (Å²) in [6, 6.07) is 8.13. The van der Waals surface area contributed by atoms with E-state index in [2.05, 4.69) is 5.32 Å². The van der Waals surface area contributed by atoms with Crippen LogP contribution >= 0.6 is 23.5 Å². The van der Waals surface area contributed by atoms with E-state index in [1.165, 1.54) is 11.8 Å². The summed E-state index contributed by atoms with van der Waals surface area (Å²) in [4.78, 5) is 1.01. The van der Waals surface area contributed by atoms with E-state index in [1.54, 1.807) is 0 Å². The molecule has 1 N–H and O–H groups in total. The lowest BCUT2D eigenvalue weighted by molar-refractivity contribution is -0.0326. The van der Waals surface area contributed by atoms with Crippen LogP contribution in [0.25, 0.3) is 0 Å². The van der Waals surface area contributed by atoms with Gasteiger partial charge in [-0.25, -0.2) is 0 Å². The van der Waals surface area contributed by atoms with Crippen LogP contribution in [-0.2, 0) is 0 Å². The van der Waals surface area contributed by atoms with Crippen LogP contribution in [-0.4, -0.2) is 24.1 Å². The van der Waals surface area contributed by atoms with Crippen LogP contribution in [0.1, 0.15) is 18.5 Å². The minimum Gasteiger partial charge on any atom is -0.313 e. The predicted molar refractivity (Wildman–Crippen MR) is 73.2 cm³/mol. The predicted octanol–water partition coefficient (Wildman–Crippen LogP) is 4.31. The summed E-state index contributed by atoms with van der Waals surface area (Å²) in [5.74, 6) is 0.543. The van der Waals surface area contributed by atoms with Gasteiger partial charge in [0.05, 0.1) is 0 Å². The lowest BCUT2D eigenvalue weighted by Gasteiger charge is -2.12. The number of nitrogens with one attached hydrogen (secondary N) is 1. The summed E-state index contributed by atoms with van der Waals surface area (Å²) in [5.41, 5.74) is -2.98. The van der Waals surface area contributed by atoms with Crippen LogP contribution in [0.15, 0.2) is 29.2 Å². The van der Waals surface area contributed by atoms with Gasteiger partial charge in [-0.15, -0.1) is 11.8 Å². The van der Waals surface area contributed by atoms with E-state index in [0.29, 0.717) is 5.75 Å². The number of thioether (sulfide) groups is 2. The van der Waals surface area contributed by atoms with Gasteiger partial charge in [0.25, 0.3) is 0 Å². The van der Waals surface area contributed by atoms with Gasteiger partial charge < -0.3 is 5.32 Å². The van der Waals surface area contributed by atoms with Crippen molar-refractivity contribution in [2.24, 2.45) is 0 Å². The van der Waals surface area contributed by atoms with Crippen molar-refractivity contribution in [2.45, 2.75) is 23.4 Å². The monoisotopic (exact) mass is 295 g/mol. The van der Waals surface area contributed by atoms with Gasteiger partial charge in [0.1, 0.15) is 0 Å². The molecular formula is C12H16F3NS2. The van der Waals surface area contributed by atoms with Gasteiger partial charge in [0.15, 0.2) is 0 Å². The van der Waals surface area contributed by atoms with Crippen molar-refractivity contribution < 1.29 is 13.2 Å². The molecule has 0 amide bonds. The first-order chi connectivity index (χ1) is 8.42. The molecule has 0 heterocycles. The molecule has 0 radical (unpaired) electrons. The van der Waals surface area contributed by atoms with Gasteiger partial charge in [-0.3, -0.25) is 0 Å². The molecule has 18 heavy (non-hydrogen) atoms. The van der Waals surface area contributed by atoms with Crippen molar-refractivity contribution in [3.05, 3.63) is 29.8 Å². The second-order valence-corrected chi connectivity index (χ2v) is 6.05. The number of rotatable bonds is 6. The Morgan fingerprint density at radius 2 is 2.00 bits per heavy atom. The van der Waals surface area contributed by atoms with Gasteiger partial charge >= 0.3 is 5.51 Å². The van der Waals surface area contributed by atoms with Gasteiger partial charge in [0, 0.05) is 22.4 Å². The van der Waals surface area contributed by atoms with Crippen LogP contribution in [0, 0.1) is 0 Å². The standard InChI is InChI=1S/C12H16F3NS2/c1-9(16-2)10-4-3-5-11(8-10)17-6-7-18-12(13,14)15/h3-5,8-9,16H,6-7H2,1-2H3. The molecule has 1 atom stereocenters. The van der Waals surface area contributed by atoms with Crippen LogP contribution in [0.4, 0.5) is 13.2 Å². The minimum atomic E-state index is -4.12. The fraction of sp³-hybridized carbons (Fsp3) is 0.500. The summed E-state index contributed by atoms with van der Waals surface area (Å²) in [6.07, 6.45) is 0. The maximum absolute atomic E-state index is 11.9. The smallest absolute Gasteiger partial charge is 0.313 e. The maximum atomic E-state index is 11.9. The molecule has 0 bridgehead atoms. The average Bonchev–Trinajstić information content (AvgIpc) is 2.33. The third-order valence-corrected chi connectivity index (χ3v) is 4.40. The highest BCUT2D eigenvalue weighted by Crippen LogP contribution is 2.31. The van der Waals surface area contributed by atoms with Crippen molar-refractivity contribution in [1.82, 2.24) is 5.32 Å². The van der Waals surface area contributed by atoms with Gasteiger partial charge in [-0.2, -0.15) is 13.2 Å². The number of hydrogen-bond acceptors (Lipinski definition) is 3. The molecule has 1 nitrogen and oxygen atoms in total. The van der Waals surface area contributed by atoms with Crippen LogP contribution in [0.2, 0.25) is 0 Å². The molecule has 102 valence electrons. The topological polar surface area (TPSA) is 12.0 Å². The van der Waals surface area contributed by atoms with E-state index >= 15 is 0 Å². The highest BCUT2D eigenvalue weighted by molar-refractivity contribution is 8.03. The van der Waals surface area contributed by atoms with Crippen molar-refractivity contribution in [3.63, 3.8) is 0 Å². The molecule has 1 unspecified atom stereocenters. The van der Waals surface area contributed by atoms with E-state index in [4.69, 9.17) is 0 Å². The van der Waals surface area contributed by atoms with E-state index in [0.717, 1.165) is 10.5 Å². The molecule has 0 fully saturated rings. The lowest BCUT2D eigenvalue weighted by atomic mass is 10.1. The first kappa shape index (κ1) is 15.7. The van der Waals surface area contributed by atoms with E-state index < -0.39 is 5.51 Å². The normalized spacial score (nSPS) is 13.6. The Hall–Kier alpha value is -0.330. The second-order valence-electron chi connectivity index (χ2n) is 3.73. The van der Waals surface area contributed by atoms with Crippen molar-refractivity contribution in [2.75, 3.05) is 18.6 Å². The summed E-state index contributed by atoms with van der Waals surface area (Å²) in [6.45, 7) is 2.04. The van der Waals surface area contributed by atoms with Crippen LogP contribution in [0.3, 0.4) is 0 Å². The quantitative estimate of drug-likeness (QED) is 0.620. The molecule has 0 saturated carbocycles. The third kappa shape index (κ3) is 6.02. The molecule has 0 aliphatic carbocycles. The van der Waals surface area contributed by atoms with Gasteiger partial charge in [0.2, 0.25) is 0 Å². The molecular weight excluding hydrogens is 279 g/mol. The summed E-state index contributed by atoms with van der Waals surface area (Å²) < 4.78 is 35.8. The lowest BCUT2D eigenvalue weighted by Crippen LogP contribution is -2.12. The molecule has 0 aliphatic rings. The Kier molecular flexibility index (Phi) is 6.38. The van der Waals surface area contributed by atoms with E-state index in [9.17, 15) is 13.2 Å². The Labute approximate surface area is 114 Å². The molecule has 0 aliphatic heterocycles. The van der Waals surface area contributed by atoms with Crippen molar-refractivity contribution in [1.29, 1.82) is 0 Å². The zero-order valence-electron chi connectivity index (χ0n) is 10.3. The molecule has 1 aromatic carbocycles. The zero-order valence-corrected chi connectivity index (χ0v) is 11.9. The van der Waals surface area contributed by atoms with Gasteiger partial charge in [-0.1, -0.05) is 23.9 Å². The van der Waals surface area contributed by atoms with Gasteiger partial charge in [-0.05, 0) is 31.7 Å². The first-order valence-corrected chi connectivity index (χ1v) is 7.50. The Bertz CT molecular complexity index is 369. The third-order valence-electron chi connectivity index (χ3n) is 2.41. The molecule has 1 rings (SSSR count). The molecule has 0 aromatic heterocycles. The number of benzene rings is 1. The number of hydrogen-bond donors (Lipinski definition) is 1. The highest BCUT2D eigenvalue weighted by Gasteiger charge is 2.27. The zero-order chi connectivity index (χ0) is 13.6. The Morgan fingerprint density at radius 1 is 1.28 bits per heavy atom. The maximum Gasteiger partial charge on any atom is 0.441 e. The SMILES string of the molecule is CNC(C)c1cccc(SCCSC(F)(F)F)c1. The second kappa shape index (κ2) is 7.31. The largest absolute Gasteiger partial charge is 0.441 e. The van der Waals surface area contributed by atoms with E-state index in [1.807, 2.05) is 38.2 Å². The van der Waals surface area contributed by atoms with Crippen molar-refractivity contribution in [3.8, 4) is 0 Å². The highest BCUT2D eigenvalue weighted by atomic mass is 32.2. The first-order valence-electron chi connectivity index (χ1n) is 5.53. The fourth-order valence-electron chi connectivity index (χ4n) is 1.36. The Balaban J connectivity index is 2.43. The summed E-state index contributed by atoms with van der Waals surface area (Å²) in [5, 5.41) is 3.13. The minimum absolute atomic E-state index is 0.0346. The van der Waals surface area contributed by atoms with Crippen LogP contribution < -0.4 is 5.32 Å². The van der Waals surface area contributed by atoms with Crippen LogP contribution in [0.5, 0.6) is 0 Å². The summed E-state index contributed by atoms with van der Waals surface area (Å²) in [7, 11) is 1.88. The molecule has 0 saturated heterocycles. The fourth-order valence-corrected chi connectivity index (χ4v) is 2.89. The summed E-state index contributed by atoms with van der Waals surface area (Å²) >= 11 is 1.49. The number of halogens is 3. The van der Waals surface area contributed by atoms with E-state index in [-0.39, 0.29) is 23.6 Å². The van der Waals surface area contributed by atoms with Crippen molar-refractivity contribution >= 4 is 23.5 Å². The molecule has 6 heteroatoms. The Morgan fingerprint density at radius 3 is 2.61 bits per heavy atom. The number of alkyl halides is 3. The average molecular weight is 295 g/mol.